The van der Waals surface area contributed by atoms with E-state index in [9.17, 15) is 0 Å². The molecule has 2 fully saturated rings. The predicted octanol–water partition coefficient (Wildman–Crippen LogP) is 2.44. The lowest BCUT2D eigenvalue weighted by Gasteiger charge is -2.04. The van der Waals surface area contributed by atoms with Gasteiger partial charge in [-0.2, -0.15) is 4.98 Å². The molecule has 1 aromatic heterocycles. The molecule has 3 rings (SSSR count). The van der Waals surface area contributed by atoms with Crippen molar-refractivity contribution in [3.8, 4) is 0 Å². The molecule has 17 heavy (non-hydrogen) atoms. The highest BCUT2D eigenvalue weighted by molar-refractivity contribution is 4.90. The zero-order valence-corrected chi connectivity index (χ0v) is 10.3. The second-order valence-corrected chi connectivity index (χ2v) is 5.45. The van der Waals surface area contributed by atoms with Gasteiger partial charge in [0.15, 0.2) is 5.82 Å². The van der Waals surface area contributed by atoms with Crippen LogP contribution >= 0.6 is 0 Å². The largest absolute Gasteiger partial charge is 0.339 e. The molecule has 0 unspecified atom stereocenters. The van der Waals surface area contributed by atoms with E-state index in [-0.39, 0.29) is 0 Å². The number of nitrogens with one attached hydrogen (secondary N) is 1. The third kappa shape index (κ3) is 3.28. The molecular weight excluding hydrogens is 214 g/mol. The summed E-state index contributed by atoms with van der Waals surface area (Å²) >= 11 is 0. The van der Waals surface area contributed by atoms with Crippen LogP contribution in [0.3, 0.4) is 0 Å². The topological polar surface area (TPSA) is 51.0 Å². The molecule has 0 spiro atoms. The van der Waals surface area contributed by atoms with Crippen molar-refractivity contribution in [1.82, 2.24) is 15.5 Å². The molecule has 0 aromatic carbocycles. The van der Waals surface area contributed by atoms with Gasteiger partial charge in [-0.15, -0.1) is 0 Å². The molecule has 0 aliphatic heterocycles. The van der Waals surface area contributed by atoms with E-state index >= 15 is 0 Å². The molecule has 94 valence electrons. The van der Waals surface area contributed by atoms with Crippen molar-refractivity contribution in [3.63, 3.8) is 0 Å². The molecular formula is C13H21N3O. The molecule has 2 aliphatic rings. The summed E-state index contributed by atoms with van der Waals surface area (Å²) < 4.78 is 5.28. The van der Waals surface area contributed by atoms with Gasteiger partial charge >= 0.3 is 0 Å². The summed E-state index contributed by atoms with van der Waals surface area (Å²) in [6, 6.07) is 0.704. The Morgan fingerprint density at radius 3 is 2.76 bits per heavy atom. The summed E-state index contributed by atoms with van der Waals surface area (Å²) in [4.78, 5) is 4.43. The number of hydrogen-bond donors (Lipinski definition) is 1. The monoisotopic (exact) mass is 235 g/mol. The van der Waals surface area contributed by atoms with E-state index in [4.69, 9.17) is 4.52 Å². The Morgan fingerprint density at radius 1 is 1.18 bits per heavy atom. The van der Waals surface area contributed by atoms with Crippen molar-refractivity contribution in [2.45, 2.75) is 64.0 Å². The fraction of sp³-hybridized carbons (Fsp3) is 0.846. The minimum Gasteiger partial charge on any atom is -0.339 e. The molecule has 0 amide bonds. The summed E-state index contributed by atoms with van der Waals surface area (Å²) in [6.07, 6.45) is 10.4. The van der Waals surface area contributed by atoms with Crippen LogP contribution in [0, 0.1) is 5.92 Å². The predicted molar refractivity (Wildman–Crippen MR) is 64.4 cm³/mol. The molecule has 4 nitrogen and oxygen atoms in total. The van der Waals surface area contributed by atoms with E-state index in [1.54, 1.807) is 0 Å². The van der Waals surface area contributed by atoms with Crippen molar-refractivity contribution in [1.29, 1.82) is 0 Å². The Hall–Kier alpha value is -0.900. The highest BCUT2D eigenvalue weighted by Crippen LogP contribution is 2.28. The normalized spacial score (nSPS) is 21.2. The molecule has 2 saturated carbocycles. The van der Waals surface area contributed by atoms with Crippen molar-refractivity contribution in [2.75, 3.05) is 0 Å². The fourth-order valence-corrected chi connectivity index (χ4v) is 2.61. The van der Waals surface area contributed by atoms with Crippen LogP contribution in [0.5, 0.6) is 0 Å². The Morgan fingerprint density at radius 2 is 2.00 bits per heavy atom. The van der Waals surface area contributed by atoms with Crippen LogP contribution in [0.1, 0.15) is 56.7 Å². The summed E-state index contributed by atoms with van der Waals surface area (Å²) in [5.41, 5.74) is 0. The minimum absolute atomic E-state index is 0.704. The molecule has 0 bridgehead atoms. The van der Waals surface area contributed by atoms with Crippen molar-refractivity contribution in [2.24, 2.45) is 5.92 Å². The zero-order valence-electron chi connectivity index (χ0n) is 10.3. The van der Waals surface area contributed by atoms with Crippen molar-refractivity contribution < 1.29 is 4.52 Å². The Bertz CT molecular complexity index is 353. The van der Waals surface area contributed by atoms with Gasteiger partial charge < -0.3 is 9.84 Å². The number of hydrogen-bond acceptors (Lipinski definition) is 4. The SMILES string of the molecule is C1CCC(CCc2nc(CNC3CC3)no2)C1. The number of aryl methyl sites for hydroxylation is 1. The van der Waals surface area contributed by atoms with Crippen molar-refractivity contribution >= 4 is 0 Å². The lowest BCUT2D eigenvalue weighted by molar-refractivity contribution is 0.357. The Balaban J connectivity index is 1.42. The lowest BCUT2D eigenvalue weighted by Crippen LogP contribution is -2.16. The smallest absolute Gasteiger partial charge is 0.226 e. The van der Waals surface area contributed by atoms with Gasteiger partial charge in [-0.05, 0) is 25.2 Å². The maximum Gasteiger partial charge on any atom is 0.226 e. The third-order valence-electron chi connectivity index (χ3n) is 3.88. The van der Waals surface area contributed by atoms with Gasteiger partial charge in [0.25, 0.3) is 0 Å². The minimum atomic E-state index is 0.704. The second kappa shape index (κ2) is 5.17. The lowest BCUT2D eigenvalue weighted by atomic mass is 10.0. The number of aromatic nitrogens is 2. The van der Waals surface area contributed by atoms with Gasteiger partial charge in [0.2, 0.25) is 5.89 Å². The molecule has 1 N–H and O–H groups in total. The van der Waals surface area contributed by atoms with E-state index in [0.29, 0.717) is 6.04 Å². The molecule has 4 heteroatoms. The van der Waals surface area contributed by atoms with Crippen LogP contribution in [-0.2, 0) is 13.0 Å². The van der Waals surface area contributed by atoms with Crippen molar-refractivity contribution in [3.05, 3.63) is 11.7 Å². The number of nitrogens with zero attached hydrogens (tertiary/aromatic N) is 2. The average Bonchev–Trinajstić information content (AvgIpc) is 2.86. The van der Waals surface area contributed by atoms with E-state index in [1.165, 1.54) is 44.9 Å². The standard InChI is InChI=1S/C13H21N3O/c1-2-4-10(3-1)5-8-13-15-12(16-17-13)9-14-11-6-7-11/h10-11,14H,1-9H2. The highest BCUT2D eigenvalue weighted by atomic mass is 16.5. The third-order valence-corrected chi connectivity index (χ3v) is 3.88. The first-order chi connectivity index (χ1) is 8.40. The molecule has 1 heterocycles. The highest BCUT2D eigenvalue weighted by Gasteiger charge is 2.21. The van der Waals surface area contributed by atoms with E-state index in [2.05, 4.69) is 15.5 Å². The van der Waals surface area contributed by atoms with Gasteiger partial charge in [-0.1, -0.05) is 30.8 Å². The zero-order chi connectivity index (χ0) is 11.5. The Labute approximate surface area is 102 Å². The van der Waals surface area contributed by atoms with Gasteiger partial charge in [0.05, 0.1) is 6.54 Å². The van der Waals surface area contributed by atoms with Crippen LogP contribution in [-0.4, -0.2) is 16.2 Å². The molecule has 0 atom stereocenters. The van der Waals surface area contributed by atoms with Crippen LogP contribution in [0.4, 0.5) is 0 Å². The first-order valence-electron chi connectivity index (χ1n) is 6.95. The van der Waals surface area contributed by atoms with E-state index < -0.39 is 0 Å². The van der Waals surface area contributed by atoms with Gasteiger partial charge in [-0.25, -0.2) is 0 Å². The van der Waals surface area contributed by atoms with Crippen LogP contribution < -0.4 is 5.32 Å². The average molecular weight is 235 g/mol. The number of rotatable bonds is 6. The Kier molecular flexibility index (Phi) is 3.41. The van der Waals surface area contributed by atoms with Gasteiger partial charge in [-0.3, -0.25) is 0 Å². The van der Waals surface area contributed by atoms with Crippen LogP contribution in [0.2, 0.25) is 0 Å². The first-order valence-corrected chi connectivity index (χ1v) is 6.95. The summed E-state index contributed by atoms with van der Waals surface area (Å²) in [6.45, 7) is 0.762. The second-order valence-electron chi connectivity index (χ2n) is 5.45. The molecule has 0 saturated heterocycles. The van der Waals surface area contributed by atoms with Gasteiger partial charge in [0, 0.05) is 12.5 Å². The molecule has 2 aliphatic carbocycles. The molecule has 0 radical (unpaired) electrons. The fourth-order valence-electron chi connectivity index (χ4n) is 2.61. The summed E-state index contributed by atoms with van der Waals surface area (Å²) in [5.74, 6) is 2.54. The maximum absolute atomic E-state index is 5.28. The maximum atomic E-state index is 5.28. The summed E-state index contributed by atoms with van der Waals surface area (Å²) in [5, 5.41) is 7.41. The van der Waals surface area contributed by atoms with E-state index in [1.807, 2.05) is 0 Å². The molecule has 1 aromatic rings. The first kappa shape index (κ1) is 11.2. The van der Waals surface area contributed by atoms with Crippen LogP contribution in [0.15, 0.2) is 4.52 Å². The van der Waals surface area contributed by atoms with E-state index in [0.717, 1.165) is 30.6 Å². The summed E-state index contributed by atoms with van der Waals surface area (Å²) in [7, 11) is 0. The van der Waals surface area contributed by atoms with Gasteiger partial charge in [0.1, 0.15) is 0 Å². The van der Waals surface area contributed by atoms with Crippen LogP contribution in [0.25, 0.3) is 0 Å². The quantitative estimate of drug-likeness (QED) is 0.822.